The highest BCUT2D eigenvalue weighted by Crippen LogP contribution is 2.38. The van der Waals surface area contributed by atoms with E-state index in [1.54, 1.807) is 62.4 Å². The molecule has 2 N–H and O–H groups in total. The quantitative estimate of drug-likeness (QED) is 0.0972. The van der Waals surface area contributed by atoms with Gasteiger partial charge >= 0.3 is 23.8 Å². The van der Waals surface area contributed by atoms with Crippen LogP contribution in [0.4, 0.5) is 5.00 Å². The lowest BCUT2D eigenvalue weighted by molar-refractivity contribution is -0.136. The van der Waals surface area contributed by atoms with Crippen molar-refractivity contribution in [2.45, 2.75) is 46.0 Å². The fourth-order valence-corrected chi connectivity index (χ4v) is 5.69. The second-order valence-electron chi connectivity index (χ2n) is 9.20. The maximum atomic E-state index is 12.8. The van der Waals surface area contributed by atoms with Crippen molar-refractivity contribution in [1.82, 2.24) is 5.43 Å². The minimum atomic E-state index is -1.02. The van der Waals surface area contributed by atoms with E-state index < -0.39 is 23.8 Å². The molecule has 11 heteroatoms. The molecule has 4 rings (SSSR count). The first-order chi connectivity index (χ1) is 19.8. The Balaban J connectivity index is 1.47. The molecule has 0 radical (unpaired) electrons. The summed E-state index contributed by atoms with van der Waals surface area (Å²) in [4.78, 5) is 51.9. The topological polar surface area (TPSA) is 132 Å². The predicted molar refractivity (Wildman–Crippen MR) is 155 cm³/mol. The molecule has 0 unspecified atom stereocenters. The lowest BCUT2D eigenvalue weighted by Crippen LogP contribution is -2.33. The minimum Gasteiger partial charge on any atom is -0.497 e. The molecule has 41 heavy (non-hydrogen) atoms. The van der Waals surface area contributed by atoms with Crippen molar-refractivity contribution in [2.75, 3.05) is 19.0 Å². The van der Waals surface area contributed by atoms with E-state index in [1.165, 1.54) is 18.4 Å². The molecule has 1 aliphatic carbocycles. The van der Waals surface area contributed by atoms with Crippen LogP contribution in [0.25, 0.3) is 0 Å². The van der Waals surface area contributed by atoms with Gasteiger partial charge in [-0.1, -0.05) is 24.6 Å². The fraction of sp³-hybridized carbons (Fsp3) is 0.300. The summed E-state index contributed by atoms with van der Waals surface area (Å²) in [5, 5.41) is 6.92. The highest BCUT2D eigenvalue weighted by atomic mass is 32.1. The first-order valence-corrected chi connectivity index (χ1v) is 14.1. The monoisotopic (exact) mass is 577 g/mol. The number of fused-ring (bicyclic) bond motifs is 1. The number of esters is 2. The molecule has 0 saturated heterocycles. The van der Waals surface area contributed by atoms with Gasteiger partial charge in [0.2, 0.25) is 0 Å². The van der Waals surface area contributed by atoms with Crippen LogP contribution in [0.5, 0.6) is 11.5 Å². The van der Waals surface area contributed by atoms with E-state index >= 15 is 0 Å². The number of amides is 2. The second-order valence-corrected chi connectivity index (χ2v) is 10.3. The third-order valence-corrected chi connectivity index (χ3v) is 7.65. The van der Waals surface area contributed by atoms with Crippen molar-refractivity contribution in [3.8, 4) is 11.5 Å². The van der Waals surface area contributed by atoms with E-state index in [9.17, 15) is 19.2 Å². The average molecular weight is 578 g/mol. The summed E-state index contributed by atoms with van der Waals surface area (Å²) < 4.78 is 16.0. The number of carbonyl (C=O) groups is 4. The number of ether oxygens (including phenoxy) is 3. The van der Waals surface area contributed by atoms with E-state index in [4.69, 9.17) is 14.2 Å². The van der Waals surface area contributed by atoms with Crippen molar-refractivity contribution in [2.24, 2.45) is 5.10 Å². The second kappa shape index (κ2) is 13.7. The summed E-state index contributed by atoms with van der Waals surface area (Å²) in [6.07, 6.45) is 4.52. The number of anilines is 1. The number of nitrogens with one attached hydrogen (secondary N) is 2. The van der Waals surface area contributed by atoms with Gasteiger partial charge in [0.15, 0.2) is 0 Å². The van der Waals surface area contributed by atoms with Crippen LogP contribution < -0.4 is 20.2 Å². The Hall–Kier alpha value is -4.51. The zero-order valence-electron chi connectivity index (χ0n) is 23.1. The summed E-state index contributed by atoms with van der Waals surface area (Å²) >= 11 is 1.30. The number of hydrogen-bond acceptors (Lipinski definition) is 9. The van der Waals surface area contributed by atoms with E-state index in [0.717, 1.165) is 36.1 Å². The van der Waals surface area contributed by atoms with Gasteiger partial charge in [-0.3, -0.25) is 9.59 Å². The van der Waals surface area contributed by atoms with Crippen molar-refractivity contribution >= 4 is 45.8 Å². The number of benzene rings is 2. The van der Waals surface area contributed by atoms with Crippen LogP contribution in [0.1, 0.15) is 69.8 Å². The maximum absolute atomic E-state index is 12.8. The molecule has 0 aliphatic heterocycles. The van der Waals surface area contributed by atoms with Crippen LogP contribution in [0.15, 0.2) is 53.6 Å². The van der Waals surface area contributed by atoms with E-state index in [-0.39, 0.29) is 12.4 Å². The molecule has 2 aromatic carbocycles. The van der Waals surface area contributed by atoms with Crippen molar-refractivity contribution < 1.29 is 33.4 Å². The molecule has 1 aromatic heterocycles. The van der Waals surface area contributed by atoms with Gasteiger partial charge in [0.05, 0.1) is 30.6 Å². The molecule has 3 aromatic rings. The summed E-state index contributed by atoms with van der Waals surface area (Å²) in [6, 6.07) is 13.2. The van der Waals surface area contributed by atoms with Crippen LogP contribution in [0, 0.1) is 0 Å². The standard InChI is InChI=1S/C30H31N3O7S/c1-4-39-30(37)25-22-14-6-5-7-16-24(22)41-28(25)31-26(34)27(35)33-32-18(2)21-13-8-9-15-23(21)40-29(36)19-11-10-12-20(17-19)38-3/h8-13,15,17H,4-7,14,16H2,1-3H3,(H,31,34)(H,33,35)/b32-18+. The first-order valence-electron chi connectivity index (χ1n) is 13.2. The third-order valence-electron chi connectivity index (χ3n) is 6.44. The van der Waals surface area contributed by atoms with Crippen LogP contribution in [-0.4, -0.2) is 43.2 Å². The zero-order valence-corrected chi connectivity index (χ0v) is 23.9. The van der Waals surface area contributed by atoms with Gasteiger partial charge in [-0.2, -0.15) is 5.10 Å². The first kappa shape index (κ1) is 29.5. The molecular formula is C30H31N3O7S. The lowest BCUT2D eigenvalue weighted by atomic mass is 10.1. The van der Waals surface area contributed by atoms with Gasteiger partial charge in [-0.25, -0.2) is 15.0 Å². The van der Waals surface area contributed by atoms with E-state index in [2.05, 4.69) is 15.8 Å². The molecule has 0 atom stereocenters. The van der Waals surface area contributed by atoms with E-state index in [1.807, 2.05) is 0 Å². The molecule has 1 aliphatic rings. The van der Waals surface area contributed by atoms with Crippen LogP contribution >= 0.6 is 11.3 Å². The number of para-hydroxylation sites is 1. The molecule has 1 heterocycles. The smallest absolute Gasteiger partial charge is 0.343 e. The largest absolute Gasteiger partial charge is 0.497 e. The maximum Gasteiger partial charge on any atom is 0.343 e. The van der Waals surface area contributed by atoms with Gasteiger partial charge in [-0.15, -0.1) is 11.3 Å². The molecule has 10 nitrogen and oxygen atoms in total. The number of thiophene rings is 1. The normalized spacial score (nSPS) is 12.9. The van der Waals surface area contributed by atoms with Gasteiger partial charge in [0, 0.05) is 10.4 Å². The van der Waals surface area contributed by atoms with Crippen LogP contribution in [-0.2, 0) is 27.2 Å². The van der Waals surface area contributed by atoms with Crippen molar-refractivity contribution in [3.05, 3.63) is 75.7 Å². The Kier molecular flexibility index (Phi) is 9.86. The number of aryl methyl sites for hydroxylation is 1. The molecule has 0 bridgehead atoms. The molecule has 0 spiro atoms. The van der Waals surface area contributed by atoms with Gasteiger partial charge < -0.3 is 19.5 Å². The van der Waals surface area contributed by atoms with Crippen LogP contribution in [0.2, 0.25) is 0 Å². The van der Waals surface area contributed by atoms with Gasteiger partial charge in [-0.05, 0) is 75.4 Å². The van der Waals surface area contributed by atoms with Crippen molar-refractivity contribution in [1.29, 1.82) is 0 Å². The average Bonchev–Trinajstić information content (AvgIpc) is 3.15. The molecule has 0 fully saturated rings. The summed E-state index contributed by atoms with van der Waals surface area (Å²) in [6.45, 7) is 3.51. The van der Waals surface area contributed by atoms with E-state index in [0.29, 0.717) is 39.6 Å². The summed E-state index contributed by atoms with van der Waals surface area (Å²) in [5.41, 5.74) is 4.49. The molecule has 2 amide bonds. The number of carbonyl (C=O) groups excluding carboxylic acids is 4. The number of nitrogens with zero attached hydrogens (tertiary/aromatic N) is 1. The Morgan fingerprint density at radius 2 is 1.73 bits per heavy atom. The Labute approximate surface area is 241 Å². The summed E-state index contributed by atoms with van der Waals surface area (Å²) in [7, 11) is 1.50. The predicted octanol–water partition coefficient (Wildman–Crippen LogP) is 4.90. The molecular weight excluding hydrogens is 546 g/mol. The SMILES string of the molecule is CCOC(=O)c1c(NC(=O)C(=O)N/N=C(\C)c2ccccc2OC(=O)c2cccc(OC)c2)sc2c1CCCCC2. The Morgan fingerprint density at radius 1 is 0.951 bits per heavy atom. The highest BCUT2D eigenvalue weighted by molar-refractivity contribution is 7.17. The number of hydrogen-bond donors (Lipinski definition) is 2. The summed E-state index contributed by atoms with van der Waals surface area (Å²) in [5.74, 6) is -2.37. The fourth-order valence-electron chi connectivity index (χ4n) is 4.42. The number of hydrazone groups is 1. The minimum absolute atomic E-state index is 0.196. The molecule has 0 saturated carbocycles. The lowest BCUT2D eigenvalue weighted by Gasteiger charge is -2.11. The highest BCUT2D eigenvalue weighted by Gasteiger charge is 2.28. The zero-order chi connectivity index (χ0) is 29.4. The van der Waals surface area contributed by atoms with Crippen molar-refractivity contribution in [3.63, 3.8) is 0 Å². The van der Waals surface area contributed by atoms with Gasteiger partial charge in [0.1, 0.15) is 16.5 Å². The Bertz CT molecular complexity index is 1490. The number of rotatable bonds is 8. The molecule has 214 valence electrons. The van der Waals surface area contributed by atoms with Gasteiger partial charge in [0.25, 0.3) is 0 Å². The third kappa shape index (κ3) is 7.17. The Morgan fingerprint density at radius 3 is 2.51 bits per heavy atom. The number of methoxy groups -OCH3 is 1. The van der Waals surface area contributed by atoms with Crippen LogP contribution in [0.3, 0.4) is 0 Å².